The van der Waals surface area contributed by atoms with Crippen molar-refractivity contribution in [1.29, 1.82) is 0 Å². The third-order valence-corrected chi connectivity index (χ3v) is 6.12. The first-order chi connectivity index (χ1) is 16.5. The van der Waals surface area contributed by atoms with Gasteiger partial charge in [-0.2, -0.15) is 0 Å². The maximum Gasteiger partial charge on any atom is 0.310 e. The number of nitrogens with zero attached hydrogens (tertiary/aromatic N) is 1. The number of benzene rings is 3. The minimum absolute atomic E-state index is 0.0280. The largest absolute Gasteiger partial charge is 0.466 e. The summed E-state index contributed by atoms with van der Waals surface area (Å²) < 4.78 is 10.7. The van der Waals surface area contributed by atoms with Gasteiger partial charge in [0, 0.05) is 22.2 Å². The molecular formula is C29H25NO4. The molecule has 1 aliphatic rings. The molecule has 3 aromatic carbocycles. The van der Waals surface area contributed by atoms with E-state index in [9.17, 15) is 9.59 Å². The molecule has 5 rings (SSSR count). The molecule has 0 saturated heterocycles. The molecular weight excluding hydrogens is 426 g/mol. The van der Waals surface area contributed by atoms with E-state index < -0.39 is 0 Å². The number of anilines is 1. The van der Waals surface area contributed by atoms with Gasteiger partial charge in [0.1, 0.15) is 5.58 Å². The van der Waals surface area contributed by atoms with Crippen LogP contribution < -0.4 is 4.90 Å². The summed E-state index contributed by atoms with van der Waals surface area (Å²) in [6.45, 7) is 4.74. The average molecular weight is 452 g/mol. The SMILES string of the molecule is CCOC(=O)Cc1coc2cc(/C=C/c3cccc4c3CN(c3ccc(C)cc3)C4=O)ccc12. The lowest BCUT2D eigenvalue weighted by Gasteiger charge is -2.15. The number of hydrogen-bond acceptors (Lipinski definition) is 4. The van der Waals surface area contributed by atoms with Crippen molar-refractivity contribution >= 4 is 40.7 Å². The molecule has 5 nitrogen and oxygen atoms in total. The van der Waals surface area contributed by atoms with Gasteiger partial charge in [-0.25, -0.2) is 0 Å². The highest BCUT2D eigenvalue weighted by Gasteiger charge is 2.29. The van der Waals surface area contributed by atoms with Gasteiger partial charge >= 0.3 is 5.97 Å². The van der Waals surface area contributed by atoms with Crippen molar-refractivity contribution in [3.8, 4) is 0 Å². The van der Waals surface area contributed by atoms with E-state index in [0.29, 0.717) is 13.2 Å². The number of esters is 1. The lowest BCUT2D eigenvalue weighted by Crippen LogP contribution is -2.22. The number of hydrogen-bond donors (Lipinski definition) is 0. The molecule has 0 unspecified atom stereocenters. The zero-order chi connectivity index (χ0) is 23.7. The summed E-state index contributed by atoms with van der Waals surface area (Å²) in [6.07, 6.45) is 5.86. The zero-order valence-corrected chi connectivity index (χ0v) is 19.2. The quantitative estimate of drug-likeness (QED) is 0.260. The van der Waals surface area contributed by atoms with Crippen molar-refractivity contribution in [2.45, 2.75) is 26.8 Å². The van der Waals surface area contributed by atoms with Crippen LogP contribution in [-0.4, -0.2) is 18.5 Å². The maximum absolute atomic E-state index is 13.0. The second-order valence-corrected chi connectivity index (χ2v) is 8.43. The first-order valence-corrected chi connectivity index (χ1v) is 11.4. The lowest BCUT2D eigenvalue weighted by molar-refractivity contribution is -0.142. The number of carbonyl (C=O) groups excluding carboxylic acids is 2. The first-order valence-electron chi connectivity index (χ1n) is 11.4. The minimum Gasteiger partial charge on any atom is -0.466 e. The second-order valence-electron chi connectivity index (χ2n) is 8.43. The highest BCUT2D eigenvalue weighted by Crippen LogP contribution is 2.32. The molecule has 0 N–H and O–H groups in total. The fourth-order valence-corrected chi connectivity index (χ4v) is 4.34. The van der Waals surface area contributed by atoms with E-state index in [-0.39, 0.29) is 18.3 Å². The van der Waals surface area contributed by atoms with Crippen LogP contribution in [0.15, 0.2) is 71.3 Å². The van der Waals surface area contributed by atoms with Crippen LogP contribution in [0.2, 0.25) is 0 Å². The first kappa shape index (κ1) is 21.7. The smallest absolute Gasteiger partial charge is 0.310 e. The molecule has 0 bridgehead atoms. The van der Waals surface area contributed by atoms with Crippen LogP contribution in [0, 0.1) is 6.92 Å². The van der Waals surface area contributed by atoms with E-state index in [2.05, 4.69) is 0 Å². The van der Waals surface area contributed by atoms with Gasteiger partial charge in [0.15, 0.2) is 0 Å². The van der Waals surface area contributed by atoms with Crippen LogP contribution in [0.5, 0.6) is 0 Å². The fourth-order valence-electron chi connectivity index (χ4n) is 4.34. The summed E-state index contributed by atoms with van der Waals surface area (Å²) in [7, 11) is 0. The monoisotopic (exact) mass is 451 g/mol. The molecule has 1 aliphatic heterocycles. The van der Waals surface area contributed by atoms with Crippen molar-refractivity contribution in [3.63, 3.8) is 0 Å². The van der Waals surface area contributed by atoms with Crippen LogP contribution in [0.3, 0.4) is 0 Å². The van der Waals surface area contributed by atoms with Crippen LogP contribution in [0.4, 0.5) is 5.69 Å². The highest BCUT2D eigenvalue weighted by atomic mass is 16.5. The average Bonchev–Trinajstić information content (AvgIpc) is 3.39. The topological polar surface area (TPSA) is 59.8 Å². The molecule has 34 heavy (non-hydrogen) atoms. The minimum atomic E-state index is -0.263. The number of amides is 1. The molecule has 5 heteroatoms. The standard InChI is InChI=1S/C29H25NO4/c1-3-33-28(31)16-22-18-34-27-15-20(10-14-24(22)27)9-11-21-5-4-6-25-26(21)17-30(29(25)32)23-12-7-19(2)8-13-23/h4-15,18H,3,16-17H2,1-2H3/b11-9+. The Bertz CT molecular complexity index is 1410. The Balaban J connectivity index is 1.38. The van der Waals surface area contributed by atoms with E-state index in [1.807, 2.05) is 84.6 Å². The van der Waals surface area contributed by atoms with Gasteiger partial charge in [0.05, 0.1) is 25.8 Å². The van der Waals surface area contributed by atoms with Crippen LogP contribution in [0.25, 0.3) is 23.1 Å². The molecule has 1 aromatic heterocycles. The molecule has 0 saturated carbocycles. The van der Waals surface area contributed by atoms with Crippen LogP contribution in [0.1, 0.15) is 45.1 Å². The Morgan fingerprint density at radius 1 is 1.09 bits per heavy atom. The molecule has 170 valence electrons. The van der Waals surface area contributed by atoms with Crippen molar-refractivity contribution < 1.29 is 18.7 Å². The summed E-state index contributed by atoms with van der Waals surface area (Å²) in [5, 5.41) is 0.908. The fraction of sp³-hybridized carbons (Fsp3) is 0.172. The Morgan fingerprint density at radius 2 is 1.91 bits per heavy atom. The van der Waals surface area contributed by atoms with Crippen molar-refractivity contribution in [2.75, 3.05) is 11.5 Å². The highest BCUT2D eigenvalue weighted by molar-refractivity contribution is 6.10. The Labute approximate surface area is 198 Å². The Hall–Kier alpha value is -4.12. The van der Waals surface area contributed by atoms with Gasteiger partial charge in [-0.3, -0.25) is 9.59 Å². The number of aryl methyl sites for hydroxylation is 1. The van der Waals surface area contributed by atoms with Gasteiger partial charge in [-0.1, -0.05) is 54.1 Å². The van der Waals surface area contributed by atoms with E-state index in [1.54, 1.807) is 13.2 Å². The predicted molar refractivity (Wildman–Crippen MR) is 134 cm³/mol. The van der Waals surface area contributed by atoms with Gasteiger partial charge < -0.3 is 14.1 Å². The van der Waals surface area contributed by atoms with Gasteiger partial charge in [0.2, 0.25) is 0 Å². The van der Waals surface area contributed by atoms with Crippen LogP contribution >= 0.6 is 0 Å². The third-order valence-electron chi connectivity index (χ3n) is 6.12. The molecule has 0 fully saturated rings. The summed E-state index contributed by atoms with van der Waals surface area (Å²) in [6, 6.07) is 19.8. The van der Waals surface area contributed by atoms with Crippen molar-refractivity contribution in [3.05, 3.63) is 100 Å². The number of furan rings is 1. The summed E-state index contributed by atoms with van der Waals surface area (Å²) in [4.78, 5) is 26.7. The third kappa shape index (κ3) is 4.13. The lowest BCUT2D eigenvalue weighted by atomic mass is 10.0. The van der Waals surface area contributed by atoms with Crippen molar-refractivity contribution in [1.82, 2.24) is 0 Å². The van der Waals surface area contributed by atoms with Crippen LogP contribution in [-0.2, 0) is 22.5 Å². The number of ether oxygens (including phenoxy) is 1. The van der Waals surface area contributed by atoms with E-state index >= 15 is 0 Å². The van der Waals surface area contributed by atoms with Crippen molar-refractivity contribution in [2.24, 2.45) is 0 Å². The second kappa shape index (κ2) is 9.02. The normalized spacial score (nSPS) is 13.1. The van der Waals surface area contributed by atoms with Gasteiger partial charge in [0.25, 0.3) is 5.91 Å². The Morgan fingerprint density at radius 3 is 2.71 bits per heavy atom. The summed E-state index contributed by atoms with van der Waals surface area (Å²) >= 11 is 0. The van der Waals surface area contributed by atoms with E-state index in [0.717, 1.165) is 50.0 Å². The molecule has 1 amide bonds. The zero-order valence-electron chi connectivity index (χ0n) is 19.2. The molecule has 0 atom stereocenters. The maximum atomic E-state index is 13.0. The summed E-state index contributed by atoms with van der Waals surface area (Å²) in [5.41, 5.74) is 7.37. The number of carbonyl (C=O) groups is 2. The van der Waals surface area contributed by atoms with E-state index in [1.165, 1.54) is 0 Å². The number of fused-ring (bicyclic) bond motifs is 2. The molecule has 2 heterocycles. The summed E-state index contributed by atoms with van der Waals surface area (Å²) in [5.74, 6) is -0.235. The molecule has 0 aliphatic carbocycles. The van der Waals surface area contributed by atoms with Gasteiger partial charge in [-0.05, 0) is 54.8 Å². The molecule has 0 spiro atoms. The van der Waals surface area contributed by atoms with Gasteiger partial charge in [-0.15, -0.1) is 0 Å². The molecule has 0 radical (unpaired) electrons. The number of rotatable bonds is 6. The van der Waals surface area contributed by atoms with E-state index in [4.69, 9.17) is 9.15 Å². The molecule has 4 aromatic rings. The predicted octanol–water partition coefficient (Wildman–Crippen LogP) is 6.18. The Kier molecular flexibility index (Phi) is 5.76.